The van der Waals surface area contributed by atoms with E-state index in [2.05, 4.69) is 28.7 Å². The van der Waals surface area contributed by atoms with Crippen molar-refractivity contribution in [3.05, 3.63) is 34.3 Å². The summed E-state index contributed by atoms with van der Waals surface area (Å²) in [6.07, 6.45) is 1.83. The van der Waals surface area contributed by atoms with E-state index in [4.69, 9.17) is 0 Å². The fourth-order valence-corrected chi connectivity index (χ4v) is 2.47. The molecule has 16 heavy (non-hydrogen) atoms. The van der Waals surface area contributed by atoms with E-state index in [9.17, 15) is 4.79 Å². The van der Waals surface area contributed by atoms with E-state index in [1.165, 1.54) is 0 Å². The number of thiol groups is 1. The van der Waals surface area contributed by atoms with Crippen LogP contribution in [0.4, 0.5) is 0 Å². The summed E-state index contributed by atoms with van der Waals surface area (Å²) >= 11 is 7.66. The maximum Gasteiger partial charge on any atom is 0.166 e. The molecule has 0 aromatic heterocycles. The van der Waals surface area contributed by atoms with Crippen molar-refractivity contribution in [2.75, 3.05) is 13.1 Å². The molecule has 1 aromatic carbocycles. The van der Waals surface area contributed by atoms with Crippen molar-refractivity contribution in [1.29, 1.82) is 0 Å². The number of benzene rings is 1. The zero-order valence-corrected chi connectivity index (χ0v) is 11.4. The normalized spacial score (nSPS) is 18.6. The predicted molar refractivity (Wildman–Crippen MR) is 71.8 cm³/mol. The minimum Gasteiger partial charge on any atom is -0.294 e. The van der Waals surface area contributed by atoms with Gasteiger partial charge in [-0.25, -0.2) is 0 Å². The van der Waals surface area contributed by atoms with Crippen LogP contribution in [-0.2, 0) is 0 Å². The number of halogens is 1. The zero-order chi connectivity index (χ0) is 11.5. The molecular weight excluding hydrogens is 286 g/mol. The number of rotatable bonds is 2. The molecule has 1 aromatic rings. The fraction of sp³-hybridized carbons (Fsp3) is 0.417. The Kier molecular flexibility index (Phi) is 4.05. The Morgan fingerprint density at radius 2 is 1.81 bits per heavy atom. The van der Waals surface area contributed by atoms with Crippen molar-refractivity contribution < 1.29 is 4.79 Å². The number of ketones is 1. The minimum atomic E-state index is 0.171. The van der Waals surface area contributed by atoms with Gasteiger partial charge >= 0.3 is 0 Å². The second-order valence-corrected chi connectivity index (χ2v) is 5.58. The predicted octanol–water partition coefficient (Wildman–Crippen LogP) is 3.19. The average Bonchev–Trinajstić information content (AvgIpc) is 2.30. The van der Waals surface area contributed by atoms with Gasteiger partial charge in [-0.15, -0.1) is 0 Å². The number of carbonyl (C=O) groups is 1. The van der Waals surface area contributed by atoms with Crippen LogP contribution in [0.2, 0.25) is 0 Å². The van der Waals surface area contributed by atoms with Crippen LogP contribution in [0.5, 0.6) is 0 Å². The van der Waals surface area contributed by atoms with E-state index < -0.39 is 0 Å². The van der Waals surface area contributed by atoms with Gasteiger partial charge in [0.25, 0.3) is 0 Å². The Bertz CT molecular complexity index is 371. The highest BCUT2D eigenvalue weighted by Crippen LogP contribution is 2.23. The monoisotopic (exact) mass is 299 g/mol. The van der Waals surface area contributed by atoms with E-state index in [1.54, 1.807) is 0 Å². The minimum absolute atomic E-state index is 0.171. The van der Waals surface area contributed by atoms with Crippen molar-refractivity contribution >= 4 is 34.5 Å². The fourth-order valence-electron chi connectivity index (χ4n) is 1.98. The summed E-state index contributed by atoms with van der Waals surface area (Å²) in [6.45, 7) is 1.80. The Balaban J connectivity index is 2.05. The molecule has 0 N–H and O–H groups in total. The molecule has 0 saturated carbocycles. The molecule has 0 radical (unpaired) electrons. The van der Waals surface area contributed by atoms with Crippen molar-refractivity contribution in [2.24, 2.45) is 5.92 Å². The number of nitrogens with zero attached hydrogens (tertiary/aromatic N) is 1. The van der Waals surface area contributed by atoms with Gasteiger partial charge in [0.2, 0.25) is 0 Å². The first-order chi connectivity index (χ1) is 7.66. The molecule has 0 aliphatic carbocycles. The molecule has 1 aliphatic rings. The Hall–Kier alpha value is -0.320. The van der Waals surface area contributed by atoms with Crippen LogP contribution in [0.1, 0.15) is 23.2 Å². The number of hydrogen-bond acceptors (Lipinski definition) is 3. The van der Waals surface area contributed by atoms with Gasteiger partial charge in [-0.1, -0.05) is 40.9 Å². The van der Waals surface area contributed by atoms with Crippen LogP contribution in [0, 0.1) is 5.92 Å². The molecule has 0 spiro atoms. The van der Waals surface area contributed by atoms with Gasteiger partial charge in [0, 0.05) is 29.0 Å². The third-order valence-corrected chi connectivity index (χ3v) is 3.90. The molecule has 2 rings (SSSR count). The first-order valence-corrected chi connectivity index (χ1v) is 6.60. The standard InChI is InChI=1S/C12H14BrNOS/c13-11-3-1-9(2-4-11)12(15)10-5-7-14(16)8-6-10/h1-4,10,16H,5-8H2. The van der Waals surface area contributed by atoms with E-state index in [0.717, 1.165) is 36.0 Å². The highest BCUT2D eigenvalue weighted by Gasteiger charge is 2.24. The molecule has 2 nitrogen and oxygen atoms in total. The molecule has 1 heterocycles. The third-order valence-electron chi connectivity index (χ3n) is 2.97. The Morgan fingerprint density at radius 1 is 1.25 bits per heavy atom. The quantitative estimate of drug-likeness (QED) is 0.668. The van der Waals surface area contributed by atoms with Crippen LogP contribution in [0.3, 0.4) is 0 Å². The first-order valence-electron chi connectivity index (χ1n) is 5.40. The second kappa shape index (κ2) is 5.34. The van der Waals surface area contributed by atoms with Gasteiger partial charge in [-0.2, -0.15) is 0 Å². The molecule has 0 atom stereocenters. The summed E-state index contributed by atoms with van der Waals surface area (Å²) < 4.78 is 2.99. The van der Waals surface area contributed by atoms with Crippen molar-refractivity contribution in [2.45, 2.75) is 12.8 Å². The zero-order valence-electron chi connectivity index (χ0n) is 8.90. The third kappa shape index (κ3) is 2.87. The van der Waals surface area contributed by atoms with Crippen LogP contribution in [-0.4, -0.2) is 23.2 Å². The topological polar surface area (TPSA) is 20.3 Å². The SMILES string of the molecule is O=C(c1ccc(Br)cc1)C1CCN(S)CC1. The molecule has 0 amide bonds. The molecule has 1 fully saturated rings. The van der Waals surface area contributed by atoms with E-state index >= 15 is 0 Å². The molecule has 4 heteroatoms. The Labute approximate surface area is 110 Å². The number of piperidine rings is 1. The van der Waals surface area contributed by atoms with E-state index in [0.29, 0.717) is 0 Å². The lowest BCUT2D eigenvalue weighted by Gasteiger charge is -2.26. The van der Waals surface area contributed by atoms with Gasteiger partial charge in [-0.3, -0.25) is 9.10 Å². The van der Waals surface area contributed by atoms with Crippen LogP contribution in [0.15, 0.2) is 28.7 Å². The number of carbonyl (C=O) groups excluding carboxylic acids is 1. The van der Waals surface area contributed by atoms with Crippen molar-refractivity contribution in [3.63, 3.8) is 0 Å². The molecule has 0 unspecified atom stereocenters. The maximum absolute atomic E-state index is 12.2. The van der Waals surface area contributed by atoms with Crippen LogP contribution >= 0.6 is 28.7 Å². The van der Waals surface area contributed by atoms with Gasteiger partial charge < -0.3 is 0 Å². The summed E-state index contributed by atoms with van der Waals surface area (Å²) in [4.78, 5) is 12.2. The summed E-state index contributed by atoms with van der Waals surface area (Å²) in [5, 5.41) is 0. The summed E-state index contributed by atoms with van der Waals surface area (Å²) in [6, 6.07) is 7.61. The van der Waals surface area contributed by atoms with Gasteiger partial charge in [0.1, 0.15) is 0 Å². The largest absolute Gasteiger partial charge is 0.294 e. The summed E-state index contributed by atoms with van der Waals surface area (Å²) in [5.41, 5.74) is 0.820. The maximum atomic E-state index is 12.2. The van der Waals surface area contributed by atoms with E-state index in [1.807, 2.05) is 28.6 Å². The first kappa shape index (κ1) is 12.1. The molecular formula is C12H14BrNOS. The molecule has 1 aliphatic heterocycles. The van der Waals surface area contributed by atoms with E-state index in [-0.39, 0.29) is 11.7 Å². The van der Waals surface area contributed by atoms with Gasteiger partial charge in [0.15, 0.2) is 5.78 Å². The lowest BCUT2D eigenvalue weighted by molar-refractivity contribution is 0.0879. The molecule has 86 valence electrons. The van der Waals surface area contributed by atoms with Gasteiger partial charge in [-0.05, 0) is 25.0 Å². The molecule has 1 saturated heterocycles. The summed E-state index contributed by atoms with van der Waals surface area (Å²) in [5.74, 6) is 0.443. The lowest BCUT2D eigenvalue weighted by Crippen LogP contribution is -2.30. The lowest BCUT2D eigenvalue weighted by atomic mass is 9.90. The van der Waals surface area contributed by atoms with Crippen LogP contribution in [0.25, 0.3) is 0 Å². The Morgan fingerprint density at radius 3 is 2.38 bits per heavy atom. The van der Waals surface area contributed by atoms with Crippen molar-refractivity contribution in [1.82, 2.24) is 4.31 Å². The smallest absolute Gasteiger partial charge is 0.166 e. The highest BCUT2D eigenvalue weighted by atomic mass is 79.9. The van der Waals surface area contributed by atoms with Crippen LogP contribution < -0.4 is 0 Å². The summed E-state index contributed by atoms with van der Waals surface area (Å²) in [7, 11) is 0. The average molecular weight is 300 g/mol. The number of Topliss-reactive ketones (excluding diaryl/α,β-unsaturated/α-hetero) is 1. The molecule has 0 bridgehead atoms. The highest BCUT2D eigenvalue weighted by molar-refractivity contribution is 9.10. The second-order valence-electron chi connectivity index (χ2n) is 4.10. The van der Waals surface area contributed by atoms with Crippen molar-refractivity contribution in [3.8, 4) is 0 Å². The number of hydrogen-bond donors (Lipinski definition) is 1. The van der Waals surface area contributed by atoms with Gasteiger partial charge in [0.05, 0.1) is 0 Å².